The van der Waals surface area contributed by atoms with Crippen LogP contribution >= 0.6 is 11.8 Å². The van der Waals surface area contributed by atoms with Crippen molar-refractivity contribution in [2.24, 2.45) is 0 Å². The number of amides is 1. The summed E-state index contributed by atoms with van der Waals surface area (Å²) in [4.78, 5) is 18.3. The molecule has 1 unspecified atom stereocenters. The molecule has 22 heavy (non-hydrogen) atoms. The Morgan fingerprint density at radius 3 is 3.05 bits per heavy atom. The lowest BCUT2D eigenvalue weighted by atomic mass is 10.2. The molecule has 1 fully saturated rings. The van der Waals surface area contributed by atoms with Gasteiger partial charge in [-0.2, -0.15) is 5.26 Å². The van der Waals surface area contributed by atoms with Crippen LogP contribution in [0.3, 0.4) is 0 Å². The van der Waals surface area contributed by atoms with E-state index in [-0.39, 0.29) is 12.1 Å². The maximum Gasteiger partial charge on any atom is 0.410 e. The van der Waals surface area contributed by atoms with Gasteiger partial charge in [-0.3, -0.25) is 0 Å². The Hall–Kier alpha value is -1.74. The number of hydrogen-bond acceptors (Lipinski definition) is 5. The number of carbonyl (C=O) groups excluding carboxylic acids is 1. The summed E-state index contributed by atoms with van der Waals surface area (Å²) < 4.78 is 5.46. The van der Waals surface area contributed by atoms with Crippen molar-refractivity contribution in [3.05, 3.63) is 23.9 Å². The summed E-state index contributed by atoms with van der Waals surface area (Å²) in [6.45, 7) is 6.37. The fourth-order valence-electron chi connectivity index (χ4n) is 2.31. The van der Waals surface area contributed by atoms with Gasteiger partial charge < -0.3 is 9.64 Å². The molecule has 0 aromatic carbocycles. The highest BCUT2D eigenvalue weighted by atomic mass is 32.2. The van der Waals surface area contributed by atoms with Gasteiger partial charge in [-0.1, -0.05) is 0 Å². The molecule has 2 heterocycles. The number of likely N-dealkylation sites (tertiary alicyclic amines) is 1. The number of carbonyl (C=O) groups is 1. The van der Waals surface area contributed by atoms with Gasteiger partial charge in [0.05, 0.1) is 16.7 Å². The maximum absolute atomic E-state index is 12.2. The highest BCUT2D eigenvalue weighted by Gasteiger charge is 2.32. The molecule has 0 bridgehead atoms. The second-order valence-corrected chi connectivity index (χ2v) is 7.32. The zero-order valence-electron chi connectivity index (χ0n) is 13.2. The minimum absolute atomic E-state index is 0.160. The topological polar surface area (TPSA) is 66.2 Å². The first-order chi connectivity index (χ1) is 10.4. The quantitative estimate of drug-likeness (QED) is 0.798. The third kappa shape index (κ3) is 4.63. The molecular weight excluding hydrogens is 298 g/mol. The molecule has 1 aromatic rings. The minimum atomic E-state index is -0.472. The van der Waals surface area contributed by atoms with Gasteiger partial charge in [0, 0.05) is 24.5 Å². The molecule has 1 atom stereocenters. The monoisotopic (exact) mass is 319 g/mol. The Kier molecular flexibility index (Phi) is 5.30. The Bertz CT molecular complexity index is 577. The van der Waals surface area contributed by atoms with Crippen LogP contribution in [0.5, 0.6) is 0 Å². The van der Waals surface area contributed by atoms with Gasteiger partial charge in [0.2, 0.25) is 0 Å². The van der Waals surface area contributed by atoms with Crippen molar-refractivity contribution in [3.8, 4) is 6.07 Å². The molecule has 1 saturated heterocycles. The Labute approximate surface area is 135 Å². The third-order valence-corrected chi connectivity index (χ3v) is 4.36. The third-order valence-electron chi connectivity index (χ3n) is 3.29. The van der Waals surface area contributed by atoms with E-state index >= 15 is 0 Å². The number of hydrogen-bond donors (Lipinski definition) is 0. The second kappa shape index (κ2) is 7.01. The Balaban J connectivity index is 1.94. The molecule has 0 saturated carbocycles. The molecule has 0 spiro atoms. The highest BCUT2D eigenvalue weighted by Crippen LogP contribution is 2.26. The van der Waals surface area contributed by atoms with Crippen molar-refractivity contribution < 1.29 is 9.53 Å². The molecule has 5 nitrogen and oxygen atoms in total. The molecule has 118 valence electrons. The Morgan fingerprint density at radius 2 is 2.36 bits per heavy atom. The van der Waals surface area contributed by atoms with E-state index in [0.29, 0.717) is 5.56 Å². The molecule has 0 radical (unpaired) electrons. The standard InChI is InChI=1S/C16H21N3O2S/c1-16(2,3)21-15(20)19-8-4-5-13(19)11-22-14-9-12(10-17)6-7-18-14/h6-7,9,13H,4-5,8,11H2,1-3H3. The zero-order chi connectivity index (χ0) is 16.2. The van der Waals surface area contributed by atoms with E-state index in [2.05, 4.69) is 11.1 Å². The van der Waals surface area contributed by atoms with Crippen molar-refractivity contribution in [2.45, 2.75) is 50.3 Å². The lowest BCUT2D eigenvalue weighted by Gasteiger charge is -2.28. The van der Waals surface area contributed by atoms with Crippen LogP contribution in [0.15, 0.2) is 23.4 Å². The van der Waals surface area contributed by atoms with Gasteiger partial charge >= 0.3 is 6.09 Å². The van der Waals surface area contributed by atoms with Crippen molar-refractivity contribution in [3.63, 3.8) is 0 Å². The lowest BCUT2D eigenvalue weighted by molar-refractivity contribution is 0.0242. The smallest absolute Gasteiger partial charge is 0.410 e. The largest absolute Gasteiger partial charge is 0.444 e. The first kappa shape index (κ1) is 16.6. The van der Waals surface area contributed by atoms with E-state index in [4.69, 9.17) is 10.00 Å². The van der Waals surface area contributed by atoms with E-state index in [9.17, 15) is 4.79 Å². The van der Waals surface area contributed by atoms with Crippen molar-refractivity contribution in [2.75, 3.05) is 12.3 Å². The van der Waals surface area contributed by atoms with Gasteiger partial charge in [0.1, 0.15) is 5.60 Å². The first-order valence-corrected chi connectivity index (χ1v) is 8.36. The SMILES string of the molecule is CC(C)(C)OC(=O)N1CCCC1CSc1cc(C#N)ccn1. The van der Waals surface area contributed by atoms with Crippen molar-refractivity contribution >= 4 is 17.9 Å². The molecule has 6 heteroatoms. The molecule has 1 amide bonds. The van der Waals surface area contributed by atoms with Crippen LogP contribution in [0.25, 0.3) is 0 Å². The summed E-state index contributed by atoms with van der Waals surface area (Å²) in [6, 6.07) is 5.73. The van der Waals surface area contributed by atoms with Gasteiger partial charge in [-0.15, -0.1) is 11.8 Å². The molecule has 0 N–H and O–H groups in total. The van der Waals surface area contributed by atoms with Crippen LogP contribution in [0.4, 0.5) is 4.79 Å². The highest BCUT2D eigenvalue weighted by molar-refractivity contribution is 7.99. The molecule has 1 aromatic heterocycles. The van der Waals surface area contributed by atoms with Gasteiger partial charge in [0.15, 0.2) is 0 Å². The van der Waals surface area contributed by atoms with Gasteiger partial charge in [-0.25, -0.2) is 9.78 Å². The first-order valence-electron chi connectivity index (χ1n) is 7.37. The number of pyridine rings is 1. The molecular formula is C16H21N3O2S. The van der Waals surface area contributed by atoms with Crippen LogP contribution in [-0.4, -0.2) is 39.9 Å². The van der Waals surface area contributed by atoms with E-state index < -0.39 is 5.60 Å². The number of nitrogens with zero attached hydrogens (tertiary/aromatic N) is 3. The normalized spacial score (nSPS) is 18.1. The average Bonchev–Trinajstić information content (AvgIpc) is 2.92. The number of nitriles is 1. The zero-order valence-corrected chi connectivity index (χ0v) is 14.0. The summed E-state index contributed by atoms with van der Waals surface area (Å²) in [6.07, 6.45) is 3.37. The van der Waals surface area contributed by atoms with E-state index in [0.717, 1.165) is 30.2 Å². The van der Waals surface area contributed by atoms with Crippen LogP contribution in [0.1, 0.15) is 39.2 Å². The van der Waals surface area contributed by atoms with Gasteiger partial charge in [0.25, 0.3) is 0 Å². The predicted octanol–water partition coefficient (Wildman–Crippen LogP) is 3.44. The summed E-state index contributed by atoms with van der Waals surface area (Å²) in [5.41, 5.74) is 0.132. The van der Waals surface area contributed by atoms with Crippen molar-refractivity contribution in [1.29, 1.82) is 5.26 Å². The van der Waals surface area contributed by atoms with E-state index in [1.165, 1.54) is 0 Å². The predicted molar refractivity (Wildman–Crippen MR) is 85.6 cm³/mol. The number of rotatable bonds is 3. The summed E-state index contributed by atoms with van der Waals surface area (Å²) in [5.74, 6) is 0.765. The average molecular weight is 319 g/mol. The summed E-state index contributed by atoms with van der Waals surface area (Å²) in [5, 5.41) is 9.72. The van der Waals surface area contributed by atoms with Crippen LogP contribution in [-0.2, 0) is 4.74 Å². The number of aromatic nitrogens is 1. The van der Waals surface area contributed by atoms with Crippen LogP contribution in [0.2, 0.25) is 0 Å². The number of thioether (sulfide) groups is 1. The van der Waals surface area contributed by atoms with E-state index in [1.807, 2.05) is 25.7 Å². The van der Waals surface area contributed by atoms with Gasteiger partial charge in [-0.05, 0) is 45.7 Å². The molecule has 1 aliphatic heterocycles. The molecule has 2 rings (SSSR count). The Morgan fingerprint density at radius 1 is 1.59 bits per heavy atom. The number of ether oxygens (including phenoxy) is 1. The lowest BCUT2D eigenvalue weighted by Crippen LogP contribution is -2.40. The van der Waals surface area contributed by atoms with Crippen LogP contribution in [0, 0.1) is 11.3 Å². The maximum atomic E-state index is 12.2. The van der Waals surface area contributed by atoms with Crippen molar-refractivity contribution in [1.82, 2.24) is 9.88 Å². The van der Waals surface area contributed by atoms with Crippen LogP contribution < -0.4 is 0 Å². The fourth-order valence-corrected chi connectivity index (χ4v) is 3.36. The fraction of sp³-hybridized carbons (Fsp3) is 0.562. The second-order valence-electron chi connectivity index (χ2n) is 6.28. The van der Waals surface area contributed by atoms with E-state index in [1.54, 1.807) is 30.1 Å². The summed E-state index contributed by atoms with van der Waals surface area (Å²) >= 11 is 1.57. The molecule has 1 aliphatic rings. The molecule has 0 aliphatic carbocycles. The summed E-state index contributed by atoms with van der Waals surface area (Å²) in [7, 11) is 0. The minimum Gasteiger partial charge on any atom is -0.444 e.